The van der Waals surface area contributed by atoms with E-state index < -0.39 is 0 Å². The minimum Gasteiger partial charge on any atom is -0.484 e. The Balaban J connectivity index is 1.92. The topological polar surface area (TPSA) is 38.3 Å². The molecule has 25 heavy (non-hydrogen) atoms. The van der Waals surface area contributed by atoms with Crippen LogP contribution in [0.15, 0.2) is 54.6 Å². The second kappa shape index (κ2) is 9.26. The number of amides is 1. The van der Waals surface area contributed by atoms with Crippen LogP contribution in [0.1, 0.15) is 57.2 Å². The number of benzene rings is 2. The largest absolute Gasteiger partial charge is 0.484 e. The van der Waals surface area contributed by atoms with Gasteiger partial charge in [-0.2, -0.15) is 0 Å². The van der Waals surface area contributed by atoms with Crippen LogP contribution in [0.25, 0.3) is 0 Å². The Morgan fingerprint density at radius 3 is 2.12 bits per heavy atom. The van der Waals surface area contributed by atoms with Crippen molar-refractivity contribution in [2.45, 2.75) is 46.1 Å². The molecule has 3 heteroatoms. The quantitative estimate of drug-likeness (QED) is 0.727. The van der Waals surface area contributed by atoms with Gasteiger partial charge >= 0.3 is 0 Å². The van der Waals surface area contributed by atoms with E-state index in [1.165, 1.54) is 5.56 Å². The molecule has 2 rings (SSSR count). The van der Waals surface area contributed by atoms with Gasteiger partial charge in [0.1, 0.15) is 5.75 Å². The van der Waals surface area contributed by atoms with Crippen LogP contribution in [-0.2, 0) is 4.79 Å². The molecule has 0 bridgehead atoms. The highest BCUT2D eigenvalue weighted by Gasteiger charge is 2.16. The molecule has 1 N–H and O–H groups in total. The molecule has 0 aliphatic rings. The van der Waals surface area contributed by atoms with Crippen LogP contribution < -0.4 is 10.1 Å². The molecule has 0 aliphatic heterocycles. The van der Waals surface area contributed by atoms with Crippen molar-refractivity contribution in [2.24, 2.45) is 5.92 Å². The summed E-state index contributed by atoms with van der Waals surface area (Å²) in [6.45, 7) is 8.66. The Morgan fingerprint density at radius 1 is 0.920 bits per heavy atom. The summed E-state index contributed by atoms with van der Waals surface area (Å²) in [6.07, 6.45) is 0.902. The van der Waals surface area contributed by atoms with Gasteiger partial charge in [-0.3, -0.25) is 4.79 Å². The van der Waals surface area contributed by atoms with Crippen molar-refractivity contribution in [1.82, 2.24) is 5.32 Å². The monoisotopic (exact) mass is 339 g/mol. The Labute approximate surface area is 151 Å². The zero-order valence-electron chi connectivity index (χ0n) is 15.7. The Morgan fingerprint density at radius 2 is 1.56 bits per heavy atom. The third-order valence-electron chi connectivity index (χ3n) is 4.16. The van der Waals surface area contributed by atoms with Crippen molar-refractivity contribution in [2.75, 3.05) is 6.61 Å². The third-order valence-corrected chi connectivity index (χ3v) is 4.16. The van der Waals surface area contributed by atoms with Gasteiger partial charge in [0.2, 0.25) is 0 Å². The molecule has 134 valence electrons. The average Bonchev–Trinajstić information content (AvgIpc) is 2.60. The summed E-state index contributed by atoms with van der Waals surface area (Å²) >= 11 is 0. The summed E-state index contributed by atoms with van der Waals surface area (Å²) in [4.78, 5) is 12.3. The lowest BCUT2D eigenvalue weighted by atomic mass is 9.97. The second-order valence-electron chi connectivity index (χ2n) is 7.17. The summed E-state index contributed by atoms with van der Waals surface area (Å²) in [5, 5.41) is 3.10. The fourth-order valence-electron chi connectivity index (χ4n) is 2.77. The molecular formula is C22H29NO2. The summed E-state index contributed by atoms with van der Waals surface area (Å²) < 4.78 is 5.63. The van der Waals surface area contributed by atoms with Crippen LogP contribution in [0.5, 0.6) is 5.75 Å². The summed E-state index contributed by atoms with van der Waals surface area (Å²) in [5.74, 6) is 1.61. The van der Waals surface area contributed by atoms with Crippen molar-refractivity contribution in [3.05, 3.63) is 65.7 Å². The molecule has 0 aromatic heterocycles. The first kappa shape index (κ1) is 19.0. The normalized spacial score (nSPS) is 12.2. The molecule has 0 radical (unpaired) electrons. The summed E-state index contributed by atoms with van der Waals surface area (Å²) in [6, 6.07) is 18.0. The van der Waals surface area contributed by atoms with Crippen molar-refractivity contribution in [1.29, 1.82) is 0 Å². The van der Waals surface area contributed by atoms with Gasteiger partial charge in [0, 0.05) is 0 Å². The first-order chi connectivity index (χ1) is 12.0. The molecular weight excluding hydrogens is 310 g/mol. The molecule has 0 heterocycles. The van der Waals surface area contributed by atoms with Gasteiger partial charge in [-0.15, -0.1) is 0 Å². The van der Waals surface area contributed by atoms with E-state index in [4.69, 9.17) is 4.74 Å². The van der Waals surface area contributed by atoms with Crippen LogP contribution in [0.4, 0.5) is 0 Å². The predicted molar refractivity (Wildman–Crippen MR) is 103 cm³/mol. The highest BCUT2D eigenvalue weighted by atomic mass is 16.5. The van der Waals surface area contributed by atoms with Crippen LogP contribution in [0.3, 0.4) is 0 Å². The van der Waals surface area contributed by atoms with E-state index >= 15 is 0 Å². The Bertz CT molecular complexity index is 647. The van der Waals surface area contributed by atoms with Crippen LogP contribution in [-0.4, -0.2) is 12.5 Å². The molecule has 0 fully saturated rings. The first-order valence-electron chi connectivity index (χ1n) is 9.02. The lowest BCUT2D eigenvalue weighted by molar-refractivity contribution is -0.124. The molecule has 1 amide bonds. The Kier molecular flexibility index (Phi) is 7.05. The summed E-state index contributed by atoms with van der Waals surface area (Å²) in [5.41, 5.74) is 2.39. The van der Waals surface area contributed by atoms with E-state index in [2.05, 4.69) is 45.1 Å². The fraction of sp³-hybridized carbons (Fsp3) is 0.409. The van der Waals surface area contributed by atoms with E-state index in [1.54, 1.807) is 0 Å². The number of rotatable bonds is 8. The van der Waals surface area contributed by atoms with E-state index in [0.29, 0.717) is 11.8 Å². The zero-order chi connectivity index (χ0) is 18.2. The maximum atomic E-state index is 12.3. The van der Waals surface area contributed by atoms with E-state index in [0.717, 1.165) is 17.7 Å². The second-order valence-corrected chi connectivity index (χ2v) is 7.17. The van der Waals surface area contributed by atoms with Gasteiger partial charge in [0.05, 0.1) is 6.04 Å². The number of carbonyl (C=O) groups excluding carboxylic acids is 1. The standard InChI is InChI=1S/C22H29NO2/c1-16(2)14-21(19-8-6-5-7-9-19)23-22(24)15-25-20-12-10-18(11-13-20)17(3)4/h5-13,16-17,21H,14-15H2,1-4H3,(H,23,24). The molecule has 2 aromatic carbocycles. The average molecular weight is 339 g/mol. The van der Waals surface area contributed by atoms with Gasteiger partial charge < -0.3 is 10.1 Å². The molecule has 2 aromatic rings. The highest BCUT2D eigenvalue weighted by molar-refractivity contribution is 5.78. The van der Waals surface area contributed by atoms with Gasteiger partial charge in [0.25, 0.3) is 5.91 Å². The molecule has 0 spiro atoms. The van der Waals surface area contributed by atoms with Crippen molar-refractivity contribution < 1.29 is 9.53 Å². The molecule has 1 unspecified atom stereocenters. The lowest BCUT2D eigenvalue weighted by Crippen LogP contribution is -2.33. The fourth-order valence-corrected chi connectivity index (χ4v) is 2.77. The Hall–Kier alpha value is -2.29. The maximum absolute atomic E-state index is 12.3. The molecule has 3 nitrogen and oxygen atoms in total. The smallest absolute Gasteiger partial charge is 0.258 e. The molecule has 1 atom stereocenters. The van der Waals surface area contributed by atoms with Crippen molar-refractivity contribution >= 4 is 5.91 Å². The highest BCUT2D eigenvalue weighted by Crippen LogP contribution is 2.21. The molecule has 0 aliphatic carbocycles. The molecule has 0 saturated carbocycles. The zero-order valence-corrected chi connectivity index (χ0v) is 15.7. The van der Waals surface area contributed by atoms with Gasteiger partial charge in [0.15, 0.2) is 6.61 Å². The van der Waals surface area contributed by atoms with Crippen molar-refractivity contribution in [3.8, 4) is 5.75 Å². The van der Waals surface area contributed by atoms with Crippen LogP contribution >= 0.6 is 0 Å². The number of hydrogen-bond donors (Lipinski definition) is 1. The summed E-state index contributed by atoms with van der Waals surface area (Å²) in [7, 11) is 0. The predicted octanol–water partition coefficient (Wildman–Crippen LogP) is 5.09. The minimum absolute atomic E-state index is 0.0145. The van der Waals surface area contributed by atoms with Crippen LogP contribution in [0, 0.1) is 5.92 Å². The lowest BCUT2D eigenvalue weighted by Gasteiger charge is -2.21. The van der Waals surface area contributed by atoms with E-state index in [1.807, 2.05) is 42.5 Å². The van der Waals surface area contributed by atoms with Crippen LogP contribution in [0.2, 0.25) is 0 Å². The van der Waals surface area contributed by atoms with Gasteiger partial charge in [-0.25, -0.2) is 0 Å². The number of ether oxygens (including phenoxy) is 1. The minimum atomic E-state index is -0.0950. The number of carbonyl (C=O) groups is 1. The van der Waals surface area contributed by atoms with Crippen molar-refractivity contribution in [3.63, 3.8) is 0 Å². The van der Waals surface area contributed by atoms with E-state index in [-0.39, 0.29) is 18.6 Å². The molecule has 0 saturated heterocycles. The number of hydrogen-bond acceptors (Lipinski definition) is 2. The van der Waals surface area contributed by atoms with Gasteiger partial charge in [-0.1, -0.05) is 70.2 Å². The van der Waals surface area contributed by atoms with E-state index in [9.17, 15) is 4.79 Å². The third kappa shape index (κ3) is 6.26. The van der Waals surface area contributed by atoms with Gasteiger partial charge in [-0.05, 0) is 41.5 Å². The maximum Gasteiger partial charge on any atom is 0.258 e. The first-order valence-corrected chi connectivity index (χ1v) is 9.02. The SMILES string of the molecule is CC(C)CC(NC(=O)COc1ccc(C(C)C)cc1)c1ccccc1. The number of nitrogens with one attached hydrogen (secondary N) is 1.